The monoisotopic (exact) mass is 877 g/mol. The smallest absolute Gasteiger partial charge is 0.294 e. The molecular formula is C32H11F6O15S4-. The van der Waals surface area contributed by atoms with Gasteiger partial charge in [0.25, 0.3) is 30.4 Å². The van der Waals surface area contributed by atoms with Gasteiger partial charge in [-0.3, -0.25) is 17.9 Å². The first kappa shape index (κ1) is 38.3. The Kier molecular flexibility index (Phi) is 8.39. The van der Waals surface area contributed by atoms with Gasteiger partial charge in [-0.1, -0.05) is 0 Å². The first-order valence-electron chi connectivity index (χ1n) is 14.8. The van der Waals surface area contributed by atoms with Crippen molar-refractivity contribution in [2.45, 2.75) is 19.6 Å². The van der Waals surface area contributed by atoms with E-state index in [1.807, 2.05) is 0 Å². The fourth-order valence-electron chi connectivity index (χ4n) is 6.11. The Morgan fingerprint density at radius 2 is 0.754 bits per heavy atom. The van der Waals surface area contributed by atoms with Crippen molar-refractivity contribution in [3.05, 3.63) is 83.4 Å². The molecule has 0 saturated carbocycles. The van der Waals surface area contributed by atoms with E-state index >= 15 is 26.3 Å². The maximum atomic E-state index is 16.6. The normalized spacial score (nSPS) is 14.1. The summed E-state index contributed by atoms with van der Waals surface area (Å²) < 4.78 is 243. The summed E-state index contributed by atoms with van der Waals surface area (Å²) in [6.07, 6.45) is 0. The van der Waals surface area contributed by atoms with Gasteiger partial charge in [-0.25, -0.2) is 17.6 Å². The maximum Gasteiger partial charge on any atom is 0.294 e. The van der Waals surface area contributed by atoms with E-state index in [0.29, 0.717) is 42.5 Å². The van der Waals surface area contributed by atoms with Crippen LogP contribution in [-0.2, 0) is 41.4 Å². The third kappa shape index (κ3) is 6.01. The molecule has 15 nitrogen and oxygen atoms in total. The molecule has 0 saturated heterocycles. The molecule has 57 heavy (non-hydrogen) atoms. The largest absolute Gasteiger partial charge is 0.768 e. The highest BCUT2D eigenvalue weighted by molar-refractivity contribution is 7.86. The Balaban J connectivity index is 1.39. The van der Waals surface area contributed by atoms with Crippen LogP contribution in [0.3, 0.4) is 0 Å². The lowest BCUT2D eigenvalue weighted by Gasteiger charge is -2.18. The Labute approximate surface area is 315 Å². The second kappa shape index (κ2) is 12.5. The number of benzene rings is 6. The Morgan fingerprint density at radius 1 is 0.456 bits per heavy atom. The van der Waals surface area contributed by atoms with E-state index in [2.05, 4.69) is 0 Å². The van der Waals surface area contributed by atoms with Gasteiger partial charge >= 0.3 is 0 Å². The lowest BCUT2D eigenvalue weighted by atomic mass is 10.00. The molecule has 25 heteroatoms. The molecule has 8 rings (SSSR count). The van der Waals surface area contributed by atoms with Crippen molar-refractivity contribution in [1.29, 1.82) is 0 Å². The van der Waals surface area contributed by atoms with Crippen LogP contribution in [0.2, 0.25) is 0 Å². The van der Waals surface area contributed by atoms with Gasteiger partial charge in [0.05, 0.1) is 36.6 Å². The quantitative estimate of drug-likeness (QED) is 0.0667. The highest BCUT2D eigenvalue weighted by atomic mass is 32.2. The van der Waals surface area contributed by atoms with Crippen molar-refractivity contribution in [3.63, 3.8) is 0 Å². The Morgan fingerprint density at radius 3 is 1.07 bits per heavy atom. The number of rotatable bonds is 5. The van der Waals surface area contributed by atoms with Crippen molar-refractivity contribution < 1.29 is 93.0 Å². The molecule has 0 fully saturated rings. The molecule has 296 valence electrons. The summed E-state index contributed by atoms with van der Waals surface area (Å²) in [4.78, 5) is -3.77. The van der Waals surface area contributed by atoms with E-state index in [4.69, 9.17) is 18.9 Å². The first-order chi connectivity index (χ1) is 26.4. The lowest BCUT2D eigenvalue weighted by Crippen LogP contribution is -2.07. The molecule has 0 radical (unpaired) electrons. The zero-order chi connectivity index (χ0) is 41.4. The molecule has 0 bridgehead atoms. The summed E-state index contributed by atoms with van der Waals surface area (Å²) in [5.41, 5.74) is -4.15. The molecule has 1 atom stereocenters. The highest BCUT2D eigenvalue weighted by Crippen LogP contribution is 2.56. The summed E-state index contributed by atoms with van der Waals surface area (Å²) in [5.74, 6) is -23.9. The number of fused-ring (bicyclic) bond motifs is 2. The third-order valence-electron chi connectivity index (χ3n) is 8.50. The molecule has 2 aliphatic heterocycles. The molecule has 3 N–H and O–H groups in total. The molecule has 0 aliphatic carbocycles. The number of ether oxygens (including phenoxy) is 4. The second-order valence-corrected chi connectivity index (χ2v) is 17.1. The van der Waals surface area contributed by atoms with Crippen LogP contribution in [0.5, 0.6) is 46.0 Å². The number of halogens is 6. The van der Waals surface area contributed by atoms with E-state index in [-0.39, 0.29) is 0 Å². The molecule has 0 spiro atoms. The van der Waals surface area contributed by atoms with Crippen molar-refractivity contribution in [2.75, 3.05) is 0 Å². The Bertz CT molecular complexity index is 3260. The Hall–Kier alpha value is -5.54. The second-order valence-electron chi connectivity index (χ2n) is 11.9. The zero-order valence-electron chi connectivity index (χ0n) is 26.8. The molecule has 0 amide bonds. The van der Waals surface area contributed by atoms with Gasteiger partial charge < -0.3 is 23.5 Å². The standard InChI is InChI=1S/C32H12F6O15S4/c33-23-21(25(35)29-31(27(23)37)50-15-5-11(54(39)40)1-9-2-12(55(41,42)43)6-16(51-29)19(9)15)22-24(34)28(38)32-30(26(22)36)52-17-7-13(56(44,45)46)3-10-4-14(57(47,48)49)8-18(53-32)20(10)17/h1-8H,(H,39,40)(H,41,42,43)(H,44,45,46)(H,47,48,49)/p-1. The summed E-state index contributed by atoms with van der Waals surface area (Å²) in [6, 6.07) is 4.99. The minimum Gasteiger partial charge on any atom is -0.768 e. The summed E-state index contributed by atoms with van der Waals surface area (Å²) in [5, 5.41) is -1.86. The van der Waals surface area contributed by atoms with Gasteiger partial charge in [0.15, 0.2) is 23.3 Å². The molecule has 0 aromatic heterocycles. The van der Waals surface area contributed by atoms with Crippen molar-refractivity contribution in [3.8, 4) is 57.1 Å². The third-order valence-corrected chi connectivity index (χ3v) is 11.6. The summed E-state index contributed by atoms with van der Waals surface area (Å²) >= 11 is -3.10. The van der Waals surface area contributed by atoms with E-state index in [1.165, 1.54) is 0 Å². The predicted molar refractivity (Wildman–Crippen MR) is 176 cm³/mol. The van der Waals surface area contributed by atoms with Crippen molar-refractivity contribution >= 4 is 63.0 Å². The van der Waals surface area contributed by atoms with Crippen LogP contribution in [-0.4, -0.2) is 47.7 Å². The molecule has 6 aromatic rings. The van der Waals surface area contributed by atoms with Crippen LogP contribution in [0.1, 0.15) is 0 Å². The van der Waals surface area contributed by atoms with Crippen LogP contribution < -0.4 is 18.9 Å². The minimum absolute atomic E-state index is 0.398. The van der Waals surface area contributed by atoms with E-state index in [9.17, 15) is 47.7 Å². The van der Waals surface area contributed by atoms with E-state index in [0.717, 1.165) is 6.07 Å². The van der Waals surface area contributed by atoms with Crippen molar-refractivity contribution in [2.24, 2.45) is 0 Å². The molecule has 1 unspecified atom stereocenters. The van der Waals surface area contributed by atoms with E-state index < -0.39 is 175 Å². The lowest BCUT2D eigenvalue weighted by molar-refractivity contribution is 0.366. The SMILES string of the molecule is O=S([O-])c1cc2c3c(cc(S(=O)(=O)O)cc3c1)Oc1c(F)c(-c3c(F)c(F)c4c(c3F)Oc3cc(S(=O)(=O)O)cc5cc(S(=O)(=O)O)cc(c35)O4)c(F)c(F)c1O2. The molecule has 2 heterocycles. The van der Waals surface area contributed by atoms with Crippen molar-refractivity contribution in [1.82, 2.24) is 0 Å². The zero-order valence-corrected chi connectivity index (χ0v) is 30.0. The minimum atomic E-state index is -5.21. The van der Waals surface area contributed by atoms with Gasteiger partial charge in [-0.2, -0.15) is 34.0 Å². The van der Waals surface area contributed by atoms with Gasteiger partial charge in [0, 0.05) is 23.1 Å². The molecule has 6 aromatic carbocycles. The fourth-order valence-corrected chi connectivity index (χ4v) is 8.14. The molecular weight excluding hydrogens is 867 g/mol. The van der Waals surface area contributed by atoms with Gasteiger partial charge in [-0.05, 0) is 52.2 Å². The molecule has 2 aliphatic rings. The van der Waals surface area contributed by atoms with Gasteiger partial charge in [0.2, 0.25) is 34.6 Å². The number of hydrogen-bond acceptors (Lipinski definition) is 12. The first-order valence-corrected chi connectivity index (χ1v) is 20.2. The summed E-state index contributed by atoms with van der Waals surface area (Å²) in [6.45, 7) is 0. The van der Waals surface area contributed by atoms with Gasteiger partial charge in [0.1, 0.15) is 23.0 Å². The fraction of sp³-hybridized carbons (Fsp3) is 0. The van der Waals surface area contributed by atoms with Gasteiger partial charge in [-0.15, -0.1) is 0 Å². The van der Waals surface area contributed by atoms with Crippen LogP contribution in [0.4, 0.5) is 26.3 Å². The topological polar surface area (TPSA) is 240 Å². The van der Waals surface area contributed by atoms with Crippen LogP contribution >= 0.6 is 0 Å². The van der Waals surface area contributed by atoms with Crippen LogP contribution in [0.15, 0.2) is 68.1 Å². The average Bonchev–Trinajstić information content (AvgIpc) is 3.39. The maximum absolute atomic E-state index is 16.6. The predicted octanol–water partition coefficient (Wildman–Crippen LogP) is 7.27. The van der Waals surface area contributed by atoms with Crippen LogP contribution in [0.25, 0.3) is 32.7 Å². The van der Waals surface area contributed by atoms with E-state index in [1.54, 1.807) is 0 Å². The van der Waals surface area contributed by atoms with Crippen LogP contribution in [0, 0.1) is 34.9 Å². The highest BCUT2D eigenvalue weighted by Gasteiger charge is 2.39. The number of hydrogen-bond donors (Lipinski definition) is 3. The summed E-state index contributed by atoms with van der Waals surface area (Å²) in [7, 11) is -15.5. The average molecular weight is 878 g/mol.